The fraction of sp³-hybridized carbons (Fsp3) is 0.0500. The normalized spacial score (nSPS) is 17.4. The molecule has 0 aromatic heterocycles. The molecule has 0 radical (unpaired) electrons. The molecule has 1 aliphatic heterocycles. The van der Waals surface area contributed by atoms with Crippen molar-refractivity contribution in [3.05, 3.63) is 169 Å². The zero-order valence-corrected chi connectivity index (χ0v) is 24.8. The number of aryl methyl sites for hydroxylation is 1. The Morgan fingerprint density at radius 2 is 1.19 bits per heavy atom. The van der Waals surface area contributed by atoms with Crippen molar-refractivity contribution in [2.45, 2.75) is 17.6 Å². The van der Waals surface area contributed by atoms with Crippen molar-refractivity contribution >= 4 is 43.4 Å². The molecule has 0 amide bonds. The highest BCUT2D eigenvalue weighted by molar-refractivity contribution is 8.30. The molecule has 0 bridgehead atoms. The number of benzene rings is 7. The third-order valence-electron chi connectivity index (χ3n) is 8.32. The van der Waals surface area contributed by atoms with Crippen LogP contribution in [0.1, 0.15) is 11.1 Å². The van der Waals surface area contributed by atoms with E-state index in [0.29, 0.717) is 5.75 Å². The molecule has 2 nitrogen and oxygen atoms in total. The summed E-state index contributed by atoms with van der Waals surface area (Å²) in [5, 5.41) is 4.92. The predicted octanol–water partition coefficient (Wildman–Crippen LogP) is 11.4. The molecule has 0 aliphatic carbocycles. The van der Waals surface area contributed by atoms with Gasteiger partial charge in [0.25, 0.3) is 0 Å². The maximum absolute atomic E-state index is 7.59. The summed E-state index contributed by atoms with van der Waals surface area (Å²) in [6.45, 7) is 2.17. The summed E-state index contributed by atoms with van der Waals surface area (Å²) < 4.78 is 10.1. The van der Waals surface area contributed by atoms with Crippen molar-refractivity contribution in [2.24, 2.45) is 0 Å². The number of hydrogen-bond donors (Lipinski definition) is 0. The summed E-state index contributed by atoms with van der Waals surface area (Å²) in [6, 6.07) is 57.1. The van der Waals surface area contributed by atoms with Gasteiger partial charge in [-0.05, 0) is 76.0 Å². The summed E-state index contributed by atoms with van der Waals surface area (Å²) in [5.74, 6) is 1.63. The van der Waals surface area contributed by atoms with Crippen LogP contribution in [0.3, 0.4) is 0 Å². The number of anilines is 2. The van der Waals surface area contributed by atoms with Gasteiger partial charge in [-0.2, -0.15) is 0 Å². The van der Waals surface area contributed by atoms with Crippen LogP contribution in [0.15, 0.2) is 163 Å². The molecule has 7 aromatic rings. The lowest BCUT2D eigenvalue weighted by atomic mass is 10.0. The number of hydrogen-bond acceptors (Lipinski definition) is 2. The summed E-state index contributed by atoms with van der Waals surface area (Å²) in [5.41, 5.74) is 7.04. The van der Waals surface area contributed by atoms with E-state index in [1.54, 1.807) is 0 Å². The van der Waals surface area contributed by atoms with Gasteiger partial charge in [-0.15, -0.1) is 0 Å². The maximum Gasteiger partial charge on any atom is 0.145 e. The van der Waals surface area contributed by atoms with Crippen molar-refractivity contribution in [3.63, 3.8) is 0 Å². The minimum atomic E-state index is -2.23. The largest absolute Gasteiger partial charge is 0.425 e. The smallest absolute Gasteiger partial charge is 0.145 e. The molecule has 0 saturated carbocycles. The number of para-hydroxylation sites is 2. The van der Waals surface area contributed by atoms with Crippen LogP contribution in [0.4, 0.5) is 11.4 Å². The van der Waals surface area contributed by atoms with Gasteiger partial charge < -0.3 is 4.18 Å². The Bertz CT molecular complexity index is 2140. The van der Waals surface area contributed by atoms with Crippen molar-refractivity contribution < 1.29 is 4.18 Å². The summed E-state index contributed by atoms with van der Waals surface area (Å²) in [4.78, 5) is 1.19. The first kappa shape index (κ1) is 25.7. The maximum atomic E-state index is 7.59. The van der Waals surface area contributed by atoms with E-state index < -0.39 is 10.5 Å². The fourth-order valence-corrected chi connectivity index (χ4v) is 9.63. The van der Waals surface area contributed by atoms with Crippen LogP contribution in [0.2, 0.25) is 0 Å². The Morgan fingerprint density at radius 1 is 0.535 bits per heavy atom. The SMILES string of the molecule is Cc1cccc(N2c3ccccc3-c3ccccc3OS2(Cc2ccc3ccccc3c2)c2ccc3ccccc3c2)c1. The first-order valence-corrected chi connectivity index (χ1v) is 16.4. The molecular weight excluding hydrogens is 543 g/mol. The molecule has 0 spiro atoms. The molecule has 0 N–H and O–H groups in total. The lowest BCUT2D eigenvalue weighted by molar-refractivity contribution is 0.616. The van der Waals surface area contributed by atoms with Crippen LogP contribution >= 0.6 is 10.5 Å². The minimum Gasteiger partial charge on any atom is -0.425 e. The van der Waals surface area contributed by atoms with Gasteiger partial charge in [-0.25, -0.2) is 0 Å². The average Bonchev–Trinajstić information content (AvgIpc) is 3.17. The third kappa shape index (κ3) is 4.45. The van der Waals surface area contributed by atoms with Crippen molar-refractivity contribution in [3.8, 4) is 16.9 Å². The van der Waals surface area contributed by atoms with E-state index >= 15 is 0 Å². The van der Waals surface area contributed by atoms with E-state index in [2.05, 4.69) is 169 Å². The average molecular weight is 574 g/mol. The molecule has 0 fully saturated rings. The molecule has 1 atom stereocenters. The molecule has 0 saturated heterocycles. The highest BCUT2D eigenvalue weighted by Gasteiger charge is 2.42. The van der Waals surface area contributed by atoms with Gasteiger partial charge in [0.1, 0.15) is 5.75 Å². The molecule has 1 unspecified atom stereocenters. The van der Waals surface area contributed by atoms with E-state index in [4.69, 9.17) is 4.18 Å². The van der Waals surface area contributed by atoms with Crippen LogP contribution in [0.25, 0.3) is 32.7 Å². The summed E-state index contributed by atoms with van der Waals surface area (Å²) >= 11 is 0. The van der Waals surface area contributed by atoms with Crippen LogP contribution in [-0.4, -0.2) is 0 Å². The molecule has 1 heterocycles. The van der Waals surface area contributed by atoms with Crippen LogP contribution < -0.4 is 8.49 Å². The van der Waals surface area contributed by atoms with Crippen LogP contribution in [0, 0.1) is 6.92 Å². The second-order valence-electron chi connectivity index (χ2n) is 11.2. The van der Waals surface area contributed by atoms with Gasteiger partial charge in [0.15, 0.2) is 0 Å². The van der Waals surface area contributed by atoms with Gasteiger partial charge >= 0.3 is 0 Å². The standard InChI is InChI=1S/C40H31NOS/c1-29-11-10-16-35(25-29)41-39-19-8-6-17-37(39)38-18-7-9-20-40(38)42-43(41,36-24-23-32-13-3-5-15-34(32)27-36)28-30-21-22-31-12-2-4-14-33(31)26-30/h2-27H,28H2,1H3. The Labute approximate surface area is 254 Å². The zero-order valence-electron chi connectivity index (χ0n) is 24.0. The quantitative estimate of drug-likeness (QED) is 0.208. The molecule has 7 aromatic carbocycles. The van der Waals surface area contributed by atoms with Crippen molar-refractivity contribution in [1.82, 2.24) is 0 Å². The summed E-state index contributed by atoms with van der Waals surface area (Å²) in [7, 11) is -2.23. The van der Waals surface area contributed by atoms with E-state index in [0.717, 1.165) is 22.7 Å². The Morgan fingerprint density at radius 3 is 1.98 bits per heavy atom. The molecule has 8 rings (SSSR count). The Kier molecular flexibility index (Phi) is 6.20. The fourth-order valence-electron chi connectivity index (χ4n) is 6.30. The molecule has 1 aliphatic rings. The van der Waals surface area contributed by atoms with Gasteiger partial charge in [0, 0.05) is 26.5 Å². The second kappa shape index (κ2) is 10.4. The molecule has 208 valence electrons. The third-order valence-corrected chi connectivity index (χ3v) is 11.5. The lowest BCUT2D eigenvalue weighted by Gasteiger charge is -2.48. The minimum absolute atomic E-state index is 0.715. The topological polar surface area (TPSA) is 12.5 Å². The van der Waals surface area contributed by atoms with E-state index in [9.17, 15) is 0 Å². The molecule has 3 heteroatoms. The first-order chi connectivity index (χ1) is 21.2. The van der Waals surface area contributed by atoms with E-state index in [1.807, 2.05) is 0 Å². The van der Waals surface area contributed by atoms with Crippen LogP contribution in [-0.2, 0) is 5.75 Å². The summed E-state index contributed by atoms with van der Waals surface area (Å²) in [6.07, 6.45) is 0. The molecule has 43 heavy (non-hydrogen) atoms. The first-order valence-electron chi connectivity index (χ1n) is 14.7. The number of nitrogens with zero attached hydrogens (tertiary/aromatic N) is 1. The monoisotopic (exact) mass is 573 g/mol. The number of rotatable bonds is 4. The Balaban J connectivity index is 1.47. The predicted molar refractivity (Wildman–Crippen MR) is 183 cm³/mol. The van der Waals surface area contributed by atoms with E-state index in [-0.39, 0.29) is 0 Å². The van der Waals surface area contributed by atoms with Gasteiger partial charge in [0.05, 0.1) is 17.1 Å². The molecular formula is C40H31NOS. The zero-order chi connectivity index (χ0) is 28.8. The van der Waals surface area contributed by atoms with E-state index in [1.165, 1.54) is 43.1 Å². The van der Waals surface area contributed by atoms with Crippen molar-refractivity contribution in [1.29, 1.82) is 0 Å². The highest BCUT2D eigenvalue weighted by Crippen LogP contribution is 2.69. The van der Waals surface area contributed by atoms with Gasteiger partial charge in [0.2, 0.25) is 0 Å². The Hall–Kier alpha value is -4.99. The van der Waals surface area contributed by atoms with Crippen LogP contribution in [0.5, 0.6) is 5.75 Å². The number of fused-ring (bicyclic) bond motifs is 5. The van der Waals surface area contributed by atoms with Gasteiger partial charge in [-0.3, -0.25) is 4.31 Å². The second-order valence-corrected chi connectivity index (χ2v) is 13.8. The lowest BCUT2D eigenvalue weighted by Crippen LogP contribution is -2.29. The van der Waals surface area contributed by atoms with Gasteiger partial charge in [-0.1, -0.05) is 121 Å². The highest BCUT2D eigenvalue weighted by atomic mass is 32.3. The van der Waals surface area contributed by atoms with Crippen molar-refractivity contribution in [2.75, 3.05) is 4.31 Å².